The number of amides is 1. The number of aryl methyl sites for hydroxylation is 1. The average Bonchev–Trinajstić information content (AvgIpc) is 3.16. The van der Waals surface area contributed by atoms with Crippen molar-refractivity contribution in [2.75, 3.05) is 19.6 Å². The molecule has 26 heavy (non-hydrogen) atoms. The highest BCUT2D eigenvalue weighted by Gasteiger charge is 2.25. The third kappa shape index (κ3) is 4.11. The van der Waals surface area contributed by atoms with Crippen molar-refractivity contribution in [1.82, 2.24) is 10.2 Å². The highest BCUT2D eigenvalue weighted by atomic mass is 16.6. The van der Waals surface area contributed by atoms with Gasteiger partial charge in [-0.1, -0.05) is 6.42 Å². The zero-order chi connectivity index (χ0) is 18.5. The Kier molecular flexibility index (Phi) is 5.68. The van der Waals surface area contributed by atoms with Gasteiger partial charge in [0.25, 0.3) is 11.6 Å². The standard InChI is InChI=1S/C19H23N3O4/c1-14-12-15(7-8-16(14)22(24)25)19(23)20-13-17(18-6-5-11-26-18)21-9-3-2-4-10-21/h5-8,11-12,17H,2-4,9-10,13H2,1H3,(H,20,23). The fourth-order valence-electron chi connectivity index (χ4n) is 3.41. The van der Waals surface area contributed by atoms with Crippen molar-refractivity contribution in [1.29, 1.82) is 0 Å². The van der Waals surface area contributed by atoms with E-state index in [1.165, 1.54) is 18.6 Å². The molecule has 3 rings (SSSR count). The number of nitro groups is 1. The van der Waals surface area contributed by atoms with Crippen LogP contribution >= 0.6 is 0 Å². The number of nitro benzene ring substituents is 1. The molecule has 1 amide bonds. The van der Waals surface area contributed by atoms with Crippen molar-refractivity contribution < 1.29 is 14.1 Å². The second kappa shape index (κ2) is 8.14. The third-order valence-corrected chi connectivity index (χ3v) is 4.81. The SMILES string of the molecule is Cc1cc(C(=O)NCC(c2ccco2)N2CCCCC2)ccc1[N+](=O)[O-]. The van der Waals surface area contributed by atoms with Gasteiger partial charge < -0.3 is 9.73 Å². The number of nitrogens with one attached hydrogen (secondary N) is 1. The maximum absolute atomic E-state index is 12.5. The summed E-state index contributed by atoms with van der Waals surface area (Å²) in [6.07, 6.45) is 5.17. The molecule has 0 bridgehead atoms. The Morgan fingerprint density at radius 1 is 1.31 bits per heavy atom. The Labute approximate surface area is 152 Å². The summed E-state index contributed by atoms with van der Waals surface area (Å²) in [7, 11) is 0. The lowest BCUT2D eigenvalue weighted by Crippen LogP contribution is -2.40. The van der Waals surface area contributed by atoms with Gasteiger partial charge in [0.2, 0.25) is 0 Å². The second-order valence-corrected chi connectivity index (χ2v) is 6.60. The van der Waals surface area contributed by atoms with Crippen LogP contribution in [0.1, 0.15) is 47.0 Å². The predicted molar refractivity (Wildman–Crippen MR) is 97.0 cm³/mol. The molecule has 0 radical (unpaired) electrons. The van der Waals surface area contributed by atoms with Crippen LogP contribution in [0.15, 0.2) is 41.0 Å². The molecular weight excluding hydrogens is 334 g/mol. The van der Waals surface area contributed by atoms with E-state index >= 15 is 0 Å². The zero-order valence-corrected chi connectivity index (χ0v) is 14.8. The molecule has 1 aromatic carbocycles. The Balaban J connectivity index is 1.69. The molecule has 1 aliphatic heterocycles. The molecule has 1 aliphatic rings. The number of likely N-dealkylation sites (tertiary alicyclic amines) is 1. The summed E-state index contributed by atoms with van der Waals surface area (Å²) in [5.41, 5.74) is 0.912. The van der Waals surface area contributed by atoms with E-state index in [-0.39, 0.29) is 17.6 Å². The van der Waals surface area contributed by atoms with Crippen LogP contribution in [-0.2, 0) is 0 Å². The molecule has 1 atom stereocenters. The Hall–Kier alpha value is -2.67. The van der Waals surface area contributed by atoms with Crippen molar-refractivity contribution >= 4 is 11.6 Å². The highest BCUT2D eigenvalue weighted by Crippen LogP contribution is 2.25. The summed E-state index contributed by atoms with van der Waals surface area (Å²) in [5.74, 6) is 0.601. The molecule has 0 spiro atoms. The van der Waals surface area contributed by atoms with E-state index < -0.39 is 4.92 Å². The maximum Gasteiger partial charge on any atom is 0.272 e. The first-order chi connectivity index (χ1) is 12.6. The number of furan rings is 1. The molecule has 7 heteroatoms. The summed E-state index contributed by atoms with van der Waals surface area (Å²) in [5, 5.41) is 13.9. The molecule has 138 valence electrons. The van der Waals surface area contributed by atoms with Gasteiger partial charge in [-0.25, -0.2) is 0 Å². The number of benzene rings is 1. The third-order valence-electron chi connectivity index (χ3n) is 4.81. The number of piperidine rings is 1. The van der Waals surface area contributed by atoms with Crippen LogP contribution in [0.5, 0.6) is 0 Å². The molecule has 1 fully saturated rings. The predicted octanol–water partition coefficient (Wildman–Crippen LogP) is 3.45. The molecule has 7 nitrogen and oxygen atoms in total. The first-order valence-electron chi connectivity index (χ1n) is 8.87. The fourth-order valence-corrected chi connectivity index (χ4v) is 3.41. The molecule has 2 aromatic rings. The van der Waals surface area contributed by atoms with E-state index in [0.717, 1.165) is 31.7 Å². The summed E-state index contributed by atoms with van der Waals surface area (Å²) in [4.78, 5) is 25.3. The minimum absolute atomic E-state index is 0.00612. The van der Waals surface area contributed by atoms with E-state index in [4.69, 9.17) is 4.42 Å². The molecular formula is C19H23N3O4. The van der Waals surface area contributed by atoms with Gasteiger partial charge in [-0.05, 0) is 57.1 Å². The van der Waals surface area contributed by atoms with Crippen LogP contribution in [0.25, 0.3) is 0 Å². The summed E-state index contributed by atoms with van der Waals surface area (Å²) < 4.78 is 5.58. The number of carbonyl (C=O) groups excluding carboxylic acids is 1. The number of carbonyl (C=O) groups is 1. The second-order valence-electron chi connectivity index (χ2n) is 6.60. The Bertz CT molecular complexity index is 767. The van der Waals surface area contributed by atoms with Gasteiger partial charge in [0.1, 0.15) is 5.76 Å². The summed E-state index contributed by atoms with van der Waals surface area (Å²) >= 11 is 0. The molecule has 2 heterocycles. The maximum atomic E-state index is 12.5. The normalized spacial score (nSPS) is 16.2. The van der Waals surface area contributed by atoms with E-state index in [2.05, 4.69) is 10.2 Å². The van der Waals surface area contributed by atoms with Crippen LogP contribution in [0.3, 0.4) is 0 Å². The number of nitrogens with zero attached hydrogens (tertiary/aromatic N) is 2. The lowest BCUT2D eigenvalue weighted by Gasteiger charge is -2.33. The lowest BCUT2D eigenvalue weighted by molar-refractivity contribution is -0.385. The summed E-state index contributed by atoms with van der Waals surface area (Å²) in [6, 6.07) is 8.20. The molecule has 0 saturated carbocycles. The minimum Gasteiger partial charge on any atom is -0.468 e. The zero-order valence-electron chi connectivity index (χ0n) is 14.8. The topological polar surface area (TPSA) is 88.6 Å². The largest absolute Gasteiger partial charge is 0.468 e. The van der Waals surface area contributed by atoms with Crippen molar-refractivity contribution in [3.8, 4) is 0 Å². The average molecular weight is 357 g/mol. The fraction of sp³-hybridized carbons (Fsp3) is 0.421. The van der Waals surface area contributed by atoms with Crippen LogP contribution in [0, 0.1) is 17.0 Å². The quantitative estimate of drug-likeness (QED) is 0.632. The molecule has 1 N–H and O–H groups in total. The van der Waals surface area contributed by atoms with Crippen molar-refractivity contribution in [3.05, 3.63) is 63.6 Å². The van der Waals surface area contributed by atoms with Gasteiger partial charge >= 0.3 is 0 Å². The molecule has 1 aromatic heterocycles. The Morgan fingerprint density at radius 3 is 2.69 bits per heavy atom. The van der Waals surface area contributed by atoms with Crippen LogP contribution < -0.4 is 5.32 Å². The van der Waals surface area contributed by atoms with Crippen molar-refractivity contribution in [2.24, 2.45) is 0 Å². The van der Waals surface area contributed by atoms with Crippen LogP contribution in [0.2, 0.25) is 0 Å². The molecule has 0 aliphatic carbocycles. The minimum atomic E-state index is -0.444. The van der Waals surface area contributed by atoms with Crippen molar-refractivity contribution in [3.63, 3.8) is 0 Å². The van der Waals surface area contributed by atoms with Crippen molar-refractivity contribution in [2.45, 2.75) is 32.2 Å². The lowest BCUT2D eigenvalue weighted by atomic mass is 10.1. The summed E-state index contributed by atoms with van der Waals surface area (Å²) in [6.45, 7) is 4.03. The monoisotopic (exact) mass is 357 g/mol. The van der Waals surface area contributed by atoms with E-state index in [1.807, 2.05) is 12.1 Å². The van der Waals surface area contributed by atoms with Gasteiger partial charge in [0.15, 0.2) is 0 Å². The molecule has 1 saturated heterocycles. The van der Waals surface area contributed by atoms with Gasteiger partial charge in [-0.3, -0.25) is 19.8 Å². The number of hydrogen-bond donors (Lipinski definition) is 1. The first kappa shape index (κ1) is 18.1. The molecule has 1 unspecified atom stereocenters. The van der Waals surface area contributed by atoms with Gasteiger partial charge in [0, 0.05) is 23.7 Å². The number of rotatable bonds is 6. The number of hydrogen-bond acceptors (Lipinski definition) is 5. The van der Waals surface area contributed by atoms with E-state index in [9.17, 15) is 14.9 Å². The van der Waals surface area contributed by atoms with Gasteiger partial charge in [-0.2, -0.15) is 0 Å². The first-order valence-corrected chi connectivity index (χ1v) is 8.87. The highest BCUT2D eigenvalue weighted by molar-refractivity contribution is 5.94. The van der Waals surface area contributed by atoms with E-state index in [1.54, 1.807) is 19.3 Å². The van der Waals surface area contributed by atoms with E-state index in [0.29, 0.717) is 17.7 Å². The van der Waals surface area contributed by atoms with Gasteiger partial charge in [0.05, 0.1) is 17.2 Å². The smallest absolute Gasteiger partial charge is 0.272 e. The van der Waals surface area contributed by atoms with Crippen LogP contribution in [-0.4, -0.2) is 35.4 Å². The Morgan fingerprint density at radius 2 is 2.08 bits per heavy atom. The van der Waals surface area contributed by atoms with Crippen LogP contribution in [0.4, 0.5) is 5.69 Å². The van der Waals surface area contributed by atoms with Gasteiger partial charge in [-0.15, -0.1) is 0 Å².